The van der Waals surface area contributed by atoms with E-state index in [2.05, 4.69) is 21.3 Å². The number of benzene rings is 3. The number of hydrogen-bond donors (Lipinski definition) is 15. The Labute approximate surface area is 629 Å². The van der Waals surface area contributed by atoms with Crippen LogP contribution in [-0.2, 0) is 66.8 Å². The quantitative estimate of drug-likeness (QED) is 0.00978. The lowest BCUT2D eigenvalue weighted by atomic mass is 9.84. The number of ketones is 1. The number of aromatic hydroxyl groups is 1. The number of nitrogens with one attached hydrogen (secondary N) is 4. The van der Waals surface area contributed by atoms with Crippen LogP contribution in [0.2, 0.25) is 0 Å². The van der Waals surface area contributed by atoms with Crippen molar-refractivity contribution < 1.29 is 132 Å². The number of aliphatic hydroxyl groups is 8. The van der Waals surface area contributed by atoms with Crippen molar-refractivity contribution in [2.24, 2.45) is 0 Å². The van der Waals surface area contributed by atoms with Gasteiger partial charge in [-0.3, -0.25) is 43.2 Å². The zero-order chi connectivity index (χ0) is 78.1. The van der Waals surface area contributed by atoms with Gasteiger partial charge < -0.3 is 120 Å². The third-order valence-electron chi connectivity index (χ3n) is 17.7. The van der Waals surface area contributed by atoms with Gasteiger partial charge in [-0.1, -0.05) is 61.4 Å². The van der Waals surface area contributed by atoms with Gasteiger partial charge in [0, 0.05) is 117 Å². The largest absolute Gasteiger partial charge is 0.508 e. The Morgan fingerprint density at radius 1 is 0.636 bits per heavy atom. The minimum absolute atomic E-state index is 0.0264. The maximum absolute atomic E-state index is 14.3. The molecule has 35 nitrogen and oxygen atoms in total. The molecule has 4 aliphatic heterocycles. The first kappa shape index (κ1) is 86.9. The summed E-state index contributed by atoms with van der Waals surface area (Å²) in [7, 11) is 5.93. The molecule has 107 heavy (non-hydrogen) atoms. The van der Waals surface area contributed by atoms with Crippen LogP contribution < -0.4 is 26.7 Å². The first-order chi connectivity index (χ1) is 51.0. The van der Waals surface area contributed by atoms with Gasteiger partial charge in [0.2, 0.25) is 35.4 Å². The van der Waals surface area contributed by atoms with E-state index in [-0.39, 0.29) is 106 Å². The number of Topliss-reactive ketones (excluding diaryl/α,β-unsaturated/α-hetero) is 1. The molecular weight excluding hydrogens is 1490 g/mol. The Balaban J connectivity index is 0.803. The number of carbonyl (C=O) groups excluding carboxylic acids is 8. The number of hydrogen-bond acceptors (Lipinski definition) is 30. The van der Waals surface area contributed by atoms with E-state index in [1.165, 1.54) is 72.3 Å². The minimum atomic E-state index is -2.07. The number of carboxylic acid groups (broad SMARTS) is 2. The molecule has 39 heteroatoms. The Hall–Kier alpha value is -7.29. The van der Waals surface area contributed by atoms with Crippen molar-refractivity contribution >= 4 is 113 Å². The lowest BCUT2D eigenvalue weighted by molar-refractivity contribution is -0.224. The van der Waals surface area contributed by atoms with E-state index in [0.717, 1.165) is 18.7 Å². The van der Waals surface area contributed by atoms with Crippen LogP contribution in [0, 0.1) is 0 Å². The molecule has 0 saturated carbocycles. The van der Waals surface area contributed by atoms with Gasteiger partial charge in [-0.15, -0.1) is 0 Å². The van der Waals surface area contributed by atoms with Gasteiger partial charge in [-0.25, -0.2) is 9.59 Å². The molecule has 2 aromatic rings. The third-order valence-corrected chi connectivity index (χ3v) is 23.3. The van der Waals surface area contributed by atoms with Crippen LogP contribution in [0.15, 0.2) is 69.9 Å². The number of amides is 7. The lowest BCUT2D eigenvalue weighted by Crippen LogP contribution is -2.67. The smallest absolute Gasteiger partial charge is 0.335 e. The van der Waals surface area contributed by atoms with E-state index in [1.807, 2.05) is 0 Å². The average Bonchev–Trinajstić information content (AvgIpc) is 0.756. The summed E-state index contributed by atoms with van der Waals surface area (Å²) in [6.45, 7) is -2.37. The van der Waals surface area contributed by atoms with Crippen molar-refractivity contribution in [1.29, 1.82) is 0 Å². The summed E-state index contributed by atoms with van der Waals surface area (Å²) in [5.41, 5.74) is -2.00. The van der Waals surface area contributed by atoms with E-state index < -0.39 is 178 Å². The monoisotopic (exact) mass is 1580 g/mol. The fourth-order valence-corrected chi connectivity index (χ4v) is 17.3. The molecular formula is C68H91N7O28S4. The summed E-state index contributed by atoms with van der Waals surface area (Å²) in [5.74, 6) is -6.49. The number of rotatable bonds is 42. The maximum Gasteiger partial charge on any atom is 0.335 e. The van der Waals surface area contributed by atoms with Crippen LogP contribution in [0.5, 0.6) is 5.75 Å². The standard InChI is InChI=1S/C68H91N7O28S4/c1-67(65(94)95)28-45(81)58(62(102-67)60(91)47(83)33-76)71-52(86)30-69-51(85)14-25-105-107-37-106-104-24-13-38(78)6-5-20-98-22-23-99-21-19-75(32-54(88)70-31-53(87)72-59-46(82)29-68(2,66(96)97)103-63(59)61(92)48(84)34-77)56(90)36-100-35-55(89)73-15-17-74(18-16-73)64(93)42-8-4-3-7-41(42)57-43-11-9-39(79)26-49(43)101-50-27-40(80)10-12-44(50)57/h3-4,7-12,26-27,45-48,58-63,76-77,79,81-84,91-92H,5-6,13-25,28-37H2,1-2H3,(H,69,85)(H,70,88)(H,71,86)(H,72,87)(H,94,95)(H,96,97)/t45-,46-,47+,48+,58+,59+,60?,61+,62+,63+,67+,68+/m0/s1. The summed E-state index contributed by atoms with van der Waals surface area (Å²) < 4.78 is 34.0. The normalized spacial score (nSPS) is 22.1. The summed E-state index contributed by atoms with van der Waals surface area (Å²) in [6, 6.07) is 12.9. The van der Waals surface area contributed by atoms with Crippen LogP contribution in [0.3, 0.4) is 0 Å². The number of fused-ring (bicyclic) bond motifs is 2. The Morgan fingerprint density at radius 3 is 1.79 bits per heavy atom. The molecule has 12 atom stereocenters. The number of piperazine rings is 1. The first-order valence-electron chi connectivity index (χ1n) is 34.1. The number of carboxylic acids is 2. The van der Waals surface area contributed by atoms with Crippen molar-refractivity contribution in [3.05, 3.63) is 76.5 Å². The van der Waals surface area contributed by atoms with Gasteiger partial charge in [-0.2, -0.15) is 0 Å². The SMILES string of the molecule is C[C@]1(C(=O)O)C[C@H](O)[C@@H](NC(=O)CNC(=O)CN(CCOCCOCCCC(=O)CCSSCSSCCC(=O)NCC(=O)N[C@@H]2[C@@H](O)C[C@](C)(C(=O)O)O[C@H]2C(O)[C@H](O)CO)C(=O)COCC(=O)N2CCN(C(=O)c3ccccc3-c3c4ccc(=O)cc-4oc4cc(O)ccc34)CC2)[C@H]([C@H](O)[C@H](O)CO)O1. The van der Waals surface area contributed by atoms with E-state index in [9.17, 15) is 109 Å². The van der Waals surface area contributed by atoms with Crippen molar-refractivity contribution in [3.63, 3.8) is 0 Å². The summed E-state index contributed by atoms with van der Waals surface area (Å²) in [4.78, 5) is 146. The second-order valence-corrected chi connectivity index (χ2v) is 31.2. The van der Waals surface area contributed by atoms with Crippen molar-refractivity contribution in [1.82, 2.24) is 36.0 Å². The minimum Gasteiger partial charge on any atom is -0.508 e. The average molecular weight is 1580 g/mol. The van der Waals surface area contributed by atoms with Crippen LogP contribution in [0.1, 0.15) is 62.7 Å². The highest BCUT2D eigenvalue weighted by atomic mass is 33.1. The van der Waals surface area contributed by atoms with Gasteiger partial charge in [0.05, 0.1) is 82.0 Å². The molecule has 0 spiro atoms. The number of phenolic OH excluding ortho intramolecular Hbond substituents is 1. The molecule has 0 radical (unpaired) electrons. The van der Waals surface area contributed by atoms with E-state index in [4.69, 9.17) is 28.1 Å². The fourth-order valence-electron chi connectivity index (χ4n) is 11.9. The molecule has 3 saturated heterocycles. The molecule has 590 valence electrons. The van der Waals surface area contributed by atoms with Gasteiger partial charge in [-0.05, 0) is 56.2 Å². The van der Waals surface area contributed by atoms with Crippen LogP contribution >= 0.6 is 43.2 Å². The van der Waals surface area contributed by atoms with Crippen molar-refractivity contribution in [2.75, 3.05) is 122 Å². The van der Waals surface area contributed by atoms with Gasteiger partial charge >= 0.3 is 11.9 Å². The number of nitrogens with zero attached hydrogens (tertiary/aromatic N) is 3. The number of ether oxygens (including phenoxy) is 5. The van der Waals surface area contributed by atoms with E-state index in [0.29, 0.717) is 57.1 Å². The second kappa shape index (κ2) is 42.0. The van der Waals surface area contributed by atoms with Crippen molar-refractivity contribution in [2.45, 2.75) is 124 Å². The molecule has 0 aromatic heterocycles. The number of phenols is 1. The van der Waals surface area contributed by atoms with E-state index in [1.54, 1.807) is 41.3 Å². The highest BCUT2D eigenvalue weighted by Crippen LogP contribution is 2.43. The molecule has 1 aliphatic carbocycles. The molecule has 7 amide bonds. The Morgan fingerprint density at radius 2 is 1.20 bits per heavy atom. The van der Waals surface area contributed by atoms with Crippen LogP contribution in [-0.4, -0.2) is 324 Å². The zero-order valence-corrected chi connectivity index (χ0v) is 61.8. The zero-order valence-electron chi connectivity index (χ0n) is 58.6. The Kier molecular flexibility index (Phi) is 34.2. The number of aliphatic carboxylic acids is 2. The third kappa shape index (κ3) is 25.1. The number of aliphatic hydroxyl groups excluding tert-OH is 8. The molecule has 4 heterocycles. The number of carbonyl (C=O) groups is 10. The first-order valence-corrected chi connectivity index (χ1v) is 39.1. The van der Waals surface area contributed by atoms with Gasteiger partial charge in [0.15, 0.2) is 16.6 Å². The molecule has 0 bridgehead atoms. The molecule has 2 aromatic carbocycles. The second-order valence-electron chi connectivity index (χ2n) is 25.7. The predicted octanol–water partition coefficient (Wildman–Crippen LogP) is -2.10. The highest BCUT2D eigenvalue weighted by molar-refractivity contribution is 8.85. The fraction of sp³-hybridized carbons (Fsp3) is 0.574. The summed E-state index contributed by atoms with van der Waals surface area (Å²) in [5, 5.41) is 122. The molecule has 5 aliphatic rings. The van der Waals surface area contributed by atoms with E-state index >= 15 is 0 Å². The predicted molar refractivity (Wildman–Crippen MR) is 387 cm³/mol. The van der Waals surface area contributed by atoms with Crippen molar-refractivity contribution in [3.8, 4) is 28.2 Å². The highest BCUT2D eigenvalue weighted by Gasteiger charge is 2.54. The molecule has 3 fully saturated rings. The van der Waals surface area contributed by atoms with Crippen LogP contribution in [0.25, 0.3) is 33.4 Å². The molecule has 7 rings (SSSR count). The van der Waals surface area contributed by atoms with Crippen LogP contribution in [0.4, 0.5) is 0 Å². The van der Waals surface area contributed by atoms with Gasteiger partial charge in [0.25, 0.3) is 5.91 Å². The Bertz CT molecular complexity index is 3740. The van der Waals surface area contributed by atoms with Gasteiger partial charge in [0.1, 0.15) is 72.7 Å². The summed E-state index contributed by atoms with van der Waals surface area (Å²) >= 11 is 0. The summed E-state index contributed by atoms with van der Waals surface area (Å²) in [6.07, 6.45) is -14.0. The maximum atomic E-state index is 14.3. The topological polar surface area (TPSA) is 527 Å². The molecule has 1 unspecified atom stereocenters. The lowest BCUT2D eigenvalue weighted by Gasteiger charge is -2.45. The molecule has 15 N–H and O–H groups in total.